The summed E-state index contributed by atoms with van der Waals surface area (Å²) in [5, 5.41) is 0. The molecule has 1 fully saturated rings. The van der Waals surface area contributed by atoms with Crippen molar-refractivity contribution in [1.29, 1.82) is 0 Å². The molecule has 5 heteroatoms. The molecule has 1 aliphatic heterocycles. The number of anilines is 1. The average Bonchev–Trinajstić information content (AvgIpc) is 2.64. The maximum absolute atomic E-state index is 13.0. The third kappa shape index (κ3) is 3.29. The fraction of sp³-hybridized carbons (Fsp3) is 0.333. The second-order valence-electron chi connectivity index (χ2n) is 6.71. The molecule has 136 valence electrons. The number of aryl methyl sites for hydroxylation is 2. The number of carbonyl (C=O) groups is 2. The van der Waals surface area contributed by atoms with Crippen LogP contribution in [0.5, 0.6) is 5.75 Å². The van der Waals surface area contributed by atoms with E-state index in [1.807, 2.05) is 56.3 Å². The van der Waals surface area contributed by atoms with E-state index in [0.717, 1.165) is 16.8 Å². The molecule has 0 N–H and O–H groups in total. The third-order valence-corrected chi connectivity index (χ3v) is 4.84. The second kappa shape index (κ2) is 7.20. The van der Waals surface area contributed by atoms with Crippen LogP contribution in [0.3, 0.4) is 0 Å². The molecule has 5 nitrogen and oxygen atoms in total. The van der Waals surface area contributed by atoms with Gasteiger partial charge in [-0.25, -0.2) is 0 Å². The zero-order chi connectivity index (χ0) is 18.8. The fourth-order valence-corrected chi connectivity index (χ4v) is 3.26. The summed E-state index contributed by atoms with van der Waals surface area (Å²) in [6, 6.07) is 12.7. The van der Waals surface area contributed by atoms with Gasteiger partial charge in [0.25, 0.3) is 5.91 Å². The first-order valence-electron chi connectivity index (χ1n) is 8.76. The first kappa shape index (κ1) is 18.0. The average molecular weight is 352 g/mol. The maximum atomic E-state index is 13.0. The molecule has 1 aliphatic rings. The summed E-state index contributed by atoms with van der Waals surface area (Å²) in [7, 11) is 1.60. The maximum Gasteiger partial charge on any atom is 0.254 e. The van der Waals surface area contributed by atoms with Gasteiger partial charge in [0, 0.05) is 18.7 Å². The van der Waals surface area contributed by atoms with Crippen LogP contribution in [-0.2, 0) is 4.79 Å². The van der Waals surface area contributed by atoms with E-state index in [4.69, 9.17) is 4.74 Å². The molecule has 1 saturated heterocycles. The molecule has 0 spiro atoms. The van der Waals surface area contributed by atoms with Crippen LogP contribution in [0.2, 0.25) is 0 Å². The lowest BCUT2D eigenvalue weighted by Gasteiger charge is -2.39. The largest absolute Gasteiger partial charge is 0.495 e. The van der Waals surface area contributed by atoms with Gasteiger partial charge in [0.1, 0.15) is 11.8 Å². The SMILES string of the molecule is COc1ccc(C)cc1N1CCN(C(=O)c2ccc(C)cc2)[C@H](C)C1=O. The Labute approximate surface area is 154 Å². The zero-order valence-corrected chi connectivity index (χ0v) is 15.7. The van der Waals surface area contributed by atoms with E-state index < -0.39 is 6.04 Å². The van der Waals surface area contributed by atoms with Crippen molar-refractivity contribution in [3.63, 3.8) is 0 Å². The van der Waals surface area contributed by atoms with Crippen LogP contribution in [0, 0.1) is 13.8 Å². The van der Waals surface area contributed by atoms with Crippen LogP contribution in [0.1, 0.15) is 28.4 Å². The van der Waals surface area contributed by atoms with Crippen molar-refractivity contribution in [2.45, 2.75) is 26.8 Å². The number of nitrogens with zero attached hydrogens (tertiary/aromatic N) is 2. The normalized spacial score (nSPS) is 17.4. The molecular weight excluding hydrogens is 328 g/mol. The molecule has 0 bridgehead atoms. The lowest BCUT2D eigenvalue weighted by molar-refractivity contribution is -0.124. The van der Waals surface area contributed by atoms with E-state index in [1.165, 1.54) is 0 Å². The minimum atomic E-state index is -0.525. The van der Waals surface area contributed by atoms with Crippen molar-refractivity contribution >= 4 is 17.5 Å². The highest BCUT2D eigenvalue weighted by molar-refractivity contribution is 6.04. The van der Waals surface area contributed by atoms with E-state index in [1.54, 1.807) is 23.8 Å². The summed E-state index contributed by atoms with van der Waals surface area (Å²) >= 11 is 0. The van der Waals surface area contributed by atoms with Crippen LogP contribution >= 0.6 is 0 Å². The minimum Gasteiger partial charge on any atom is -0.495 e. The zero-order valence-electron chi connectivity index (χ0n) is 15.7. The number of amides is 2. The Morgan fingerprint density at radius 1 is 1.04 bits per heavy atom. The quantitative estimate of drug-likeness (QED) is 0.852. The molecule has 0 radical (unpaired) electrons. The summed E-state index contributed by atoms with van der Waals surface area (Å²) < 4.78 is 5.42. The van der Waals surface area contributed by atoms with E-state index in [9.17, 15) is 9.59 Å². The molecule has 1 atom stereocenters. The third-order valence-electron chi connectivity index (χ3n) is 4.84. The summed E-state index contributed by atoms with van der Waals surface area (Å²) in [4.78, 5) is 29.2. The molecule has 0 unspecified atom stereocenters. The van der Waals surface area contributed by atoms with Gasteiger partial charge in [0.05, 0.1) is 12.8 Å². The second-order valence-corrected chi connectivity index (χ2v) is 6.71. The van der Waals surface area contributed by atoms with Gasteiger partial charge in [-0.1, -0.05) is 23.8 Å². The predicted molar refractivity (Wildman–Crippen MR) is 102 cm³/mol. The van der Waals surface area contributed by atoms with Gasteiger partial charge in [0.2, 0.25) is 5.91 Å². The Kier molecular flexibility index (Phi) is 4.98. The Morgan fingerprint density at radius 3 is 2.35 bits per heavy atom. The number of methoxy groups -OCH3 is 1. The minimum absolute atomic E-state index is 0.0967. The number of hydrogen-bond acceptors (Lipinski definition) is 3. The molecule has 3 rings (SSSR count). The first-order chi connectivity index (χ1) is 12.4. The van der Waals surface area contributed by atoms with Gasteiger partial charge in [-0.3, -0.25) is 9.59 Å². The number of ether oxygens (including phenoxy) is 1. The number of rotatable bonds is 3. The topological polar surface area (TPSA) is 49.9 Å². The molecule has 0 saturated carbocycles. The molecule has 2 amide bonds. The highest BCUT2D eigenvalue weighted by Gasteiger charge is 2.36. The van der Waals surface area contributed by atoms with Gasteiger partial charge in [-0.15, -0.1) is 0 Å². The van der Waals surface area contributed by atoms with Crippen LogP contribution in [0.4, 0.5) is 5.69 Å². The number of benzene rings is 2. The summed E-state index contributed by atoms with van der Waals surface area (Å²) in [6.07, 6.45) is 0. The van der Waals surface area contributed by atoms with Crippen LogP contribution in [0.25, 0.3) is 0 Å². The van der Waals surface area contributed by atoms with Crippen LogP contribution < -0.4 is 9.64 Å². The van der Waals surface area contributed by atoms with Gasteiger partial charge in [0.15, 0.2) is 0 Å². The van der Waals surface area contributed by atoms with Gasteiger partial charge >= 0.3 is 0 Å². The summed E-state index contributed by atoms with van der Waals surface area (Å²) in [5.74, 6) is 0.455. The molecule has 1 heterocycles. The Bertz CT molecular complexity index is 830. The van der Waals surface area contributed by atoms with Crippen LogP contribution in [-0.4, -0.2) is 43.0 Å². The molecule has 0 aromatic heterocycles. The molecule has 26 heavy (non-hydrogen) atoms. The van der Waals surface area contributed by atoms with E-state index in [2.05, 4.69) is 0 Å². The van der Waals surface area contributed by atoms with Gasteiger partial charge in [-0.05, 0) is 50.6 Å². The van der Waals surface area contributed by atoms with Crippen molar-refractivity contribution in [3.05, 3.63) is 59.2 Å². The molecule has 2 aromatic rings. The van der Waals surface area contributed by atoms with Crippen molar-refractivity contribution in [2.75, 3.05) is 25.1 Å². The highest BCUT2D eigenvalue weighted by Crippen LogP contribution is 2.31. The Hall–Kier alpha value is -2.82. The lowest BCUT2D eigenvalue weighted by atomic mass is 10.1. The first-order valence-corrected chi connectivity index (χ1v) is 8.76. The summed E-state index contributed by atoms with van der Waals surface area (Å²) in [5.41, 5.74) is 3.52. The number of carbonyl (C=O) groups excluding carboxylic acids is 2. The monoisotopic (exact) mass is 352 g/mol. The molecule has 0 aliphatic carbocycles. The van der Waals surface area contributed by atoms with Crippen molar-refractivity contribution < 1.29 is 14.3 Å². The van der Waals surface area contributed by atoms with Crippen molar-refractivity contribution in [2.24, 2.45) is 0 Å². The van der Waals surface area contributed by atoms with E-state index >= 15 is 0 Å². The van der Waals surface area contributed by atoms with Crippen molar-refractivity contribution in [3.8, 4) is 5.75 Å². The Morgan fingerprint density at radius 2 is 1.69 bits per heavy atom. The number of piperazine rings is 1. The van der Waals surface area contributed by atoms with E-state index in [-0.39, 0.29) is 11.8 Å². The molecular formula is C21H24N2O3. The lowest BCUT2D eigenvalue weighted by Crippen LogP contribution is -2.57. The fourth-order valence-electron chi connectivity index (χ4n) is 3.26. The summed E-state index contributed by atoms with van der Waals surface area (Å²) in [6.45, 7) is 6.67. The predicted octanol–water partition coefficient (Wildman–Crippen LogP) is 3.19. The standard InChI is InChI=1S/C21H24N2O3/c1-14-5-8-17(9-6-14)21(25)22-11-12-23(20(24)16(22)3)18-13-15(2)7-10-19(18)26-4/h5-10,13,16H,11-12H2,1-4H3/t16-/m1/s1. The van der Waals surface area contributed by atoms with Gasteiger partial charge < -0.3 is 14.5 Å². The highest BCUT2D eigenvalue weighted by atomic mass is 16.5. The van der Waals surface area contributed by atoms with Crippen LogP contribution in [0.15, 0.2) is 42.5 Å². The Balaban J connectivity index is 1.84. The van der Waals surface area contributed by atoms with Gasteiger partial charge in [-0.2, -0.15) is 0 Å². The van der Waals surface area contributed by atoms with Crippen molar-refractivity contribution in [1.82, 2.24) is 4.90 Å². The number of hydrogen-bond donors (Lipinski definition) is 0. The smallest absolute Gasteiger partial charge is 0.254 e. The van der Waals surface area contributed by atoms with E-state index in [0.29, 0.717) is 24.4 Å². The molecule has 2 aromatic carbocycles.